The summed E-state index contributed by atoms with van der Waals surface area (Å²) in [4.78, 5) is 12.2. The molecule has 2 aromatic heterocycles. The first-order chi connectivity index (χ1) is 13.8. The second-order valence-corrected chi connectivity index (χ2v) is 9.35. The molecule has 0 unspecified atom stereocenters. The van der Waals surface area contributed by atoms with Crippen molar-refractivity contribution in [2.45, 2.75) is 52.4 Å². The molecule has 0 saturated heterocycles. The minimum atomic E-state index is 0.154. The Bertz CT molecular complexity index is 977. The highest BCUT2D eigenvalue weighted by molar-refractivity contribution is 5.78. The van der Waals surface area contributed by atoms with Gasteiger partial charge in [-0.3, -0.25) is 4.57 Å². The number of anilines is 3. The maximum absolute atomic E-state index is 4.97. The van der Waals surface area contributed by atoms with E-state index in [-0.39, 0.29) is 5.41 Å². The van der Waals surface area contributed by atoms with E-state index < -0.39 is 0 Å². The first-order valence-electron chi connectivity index (χ1n) is 10.8. The van der Waals surface area contributed by atoms with Gasteiger partial charge in [-0.1, -0.05) is 39.8 Å². The smallest absolute Gasteiger partial charge is 0.209 e. The average Bonchev–Trinajstić information content (AvgIpc) is 3.45. The van der Waals surface area contributed by atoms with Crippen molar-refractivity contribution in [2.24, 2.45) is 13.0 Å². The van der Waals surface area contributed by atoms with Crippen molar-refractivity contribution in [1.82, 2.24) is 14.5 Å². The van der Waals surface area contributed by atoms with E-state index in [0.29, 0.717) is 0 Å². The molecule has 1 fully saturated rings. The van der Waals surface area contributed by atoms with Gasteiger partial charge in [-0.15, -0.1) is 0 Å². The summed E-state index contributed by atoms with van der Waals surface area (Å²) >= 11 is 0. The molecule has 0 amide bonds. The number of hydrogen-bond donors (Lipinski definition) is 1. The molecule has 1 saturated carbocycles. The molecule has 0 atom stereocenters. The zero-order valence-corrected chi connectivity index (χ0v) is 18.4. The number of imidazole rings is 1. The molecule has 1 aromatic carbocycles. The van der Waals surface area contributed by atoms with Gasteiger partial charge in [0.1, 0.15) is 11.3 Å². The maximum Gasteiger partial charge on any atom is 0.209 e. The molecule has 1 aliphatic rings. The summed E-state index contributed by atoms with van der Waals surface area (Å²) in [6.45, 7) is 11.1. The van der Waals surface area contributed by atoms with Crippen molar-refractivity contribution in [3.63, 3.8) is 0 Å². The van der Waals surface area contributed by atoms with E-state index in [1.807, 2.05) is 7.05 Å². The molecule has 0 spiro atoms. The molecule has 154 valence electrons. The topological polar surface area (TPSA) is 46.0 Å². The second kappa shape index (κ2) is 7.69. The third-order valence-corrected chi connectivity index (χ3v) is 5.70. The van der Waals surface area contributed by atoms with Crippen molar-refractivity contribution in [3.05, 3.63) is 42.0 Å². The standard InChI is InChI=1S/C24H33N5/c1-6-15-29(16-17-7-8-17)21-14-13-20-22(27-21)28(5)23(26-20)25-19-11-9-18(10-12-19)24(2,3)4/h9-14,17H,6-8,15-16H2,1-5H3,(H,25,26). The molecule has 0 bridgehead atoms. The van der Waals surface area contributed by atoms with Crippen LogP contribution in [0.1, 0.15) is 52.5 Å². The Kier molecular flexibility index (Phi) is 5.24. The molecule has 29 heavy (non-hydrogen) atoms. The van der Waals surface area contributed by atoms with E-state index in [0.717, 1.165) is 54.0 Å². The SMILES string of the molecule is CCCN(CC1CC1)c1ccc2nc(Nc3ccc(C(C)(C)C)cc3)n(C)c2n1. The highest BCUT2D eigenvalue weighted by Gasteiger charge is 2.25. The molecular weight excluding hydrogens is 358 g/mol. The van der Waals surface area contributed by atoms with E-state index in [4.69, 9.17) is 9.97 Å². The van der Waals surface area contributed by atoms with Gasteiger partial charge in [0.15, 0.2) is 5.65 Å². The Hall–Kier alpha value is -2.56. The molecule has 0 radical (unpaired) electrons. The quantitative estimate of drug-likeness (QED) is 0.566. The van der Waals surface area contributed by atoms with Crippen LogP contribution in [0.25, 0.3) is 11.2 Å². The summed E-state index contributed by atoms with van der Waals surface area (Å²) in [6, 6.07) is 12.8. The van der Waals surface area contributed by atoms with Gasteiger partial charge >= 0.3 is 0 Å². The molecular formula is C24H33N5. The van der Waals surface area contributed by atoms with Crippen LogP contribution in [0.3, 0.4) is 0 Å². The lowest BCUT2D eigenvalue weighted by atomic mass is 9.87. The fraction of sp³-hybridized carbons (Fsp3) is 0.500. The minimum Gasteiger partial charge on any atom is -0.356 e. The van der Waals surface area contributed by atoms with E-state index >= 15 is 0 Å². The van der Waals surface area contributed by atoms with Crippen molar-refractivity contribution in [3.8, 4) is 0 Å². The van der Waals surface area contributed by atoms with Crippen LogP contribution in [0.2, 0.25) is 0 Å². The van der Waals surface area contributed by atoms with Crippen LogP contribution in [0.4, 0.5) is 17.5 Å². The van der Waals surface area contributed by atoms with Gasteiger partial charge in [0, 0.05) is 25.8 Å². The van der Waals surface area contributed by atoms with Gasteiger partial charge < -0.3 is 10.2 Å². The number of aromatic nitrogens is 3. The van der Waals surface area contributed by atoms with Crippen LogP contribution >= 0.6 is 0 Å². The number of hydrogen-bond acceptors (Lipinski definition) is 4. The van der Waals surface area contributed by atoms with Crippen molar-refractivity contribution >= 4 is 28.6 Å². The summed E-state index contributed by atoms with van der Waals surface area (Å²) in [5, 5.41) is 3.45. The van der Waals surface area contributed by atoms with Crippen LogP contribution in [-0.2, 0) is 12.5 Å². The zero-order chi connectivity index (χ0) is 20.6. The van der Waals surface area contributed by atoms with Gasteiger partial charge in [0.05, 0.1) is 0 Å². The molecule has 4 rings (SSSR count). The normalized spacial score (nSPS) is 14.4. The number of benzene rings is 1. The van der Waals surface area contributed by atoms with Gasteiger partial charge in [0.2, 0.25) is 5.95 Å². The van der Waals surface area contributed by atoms with E-state index in [9.17, 15) is 0 Å². The number of rotatable bonds is 7. The molecule has 0 aliphatic heterocycles. The minimum absolute atomic E-state index is 0.154. The van der Waals surface area contributed by atoms with Crippen molar-refractivity contribution in [1.29, 1.82) is 0 Å². The second-order valence-electron chi connectivity index (χ2n) is 9.35. The predicted molar refractivity (Wildman–Crippen MR) is 122 cm³/mol. The van der Waals surface area contributed by atoms with Gasteiger partial charge in [-0.05, 0) is 60.4 Å². The van der Waals surface area contributed by atoms with Gasteiger partial charge in [0.25, 0.3) is 0 Å². The van der Waals surface area contributed by atoms with Crippen LogP contribution in [0.5, 0.6) is 0 Å². The summed E-state index contributed by atoms with van der Waals surface area (Å²) in [6.07, 6.45) is 3.85. The average molecular weight is 392 g/mol. The predicted octanol–water partition coefficient (Wildman–Crippen LogP) is 5.64. The monoisotopic (exact) mass is 391 g/mol. The Morgan fingerprint density at radius 2 is 1.79 bits per heavy atom. The lowest BCUT2D eigenvalue weighted by Crippen LogP contribution is -2.27. The molecule has 5 nitrogen and oxygen atoms in total. The Morgan fingerprint density at radius 1 is 1.07 bits per heavy atom. The molecule has 2 heterocycles. The number of nitrogens with zero attached hydrogens (tertiary/aromatic N) is 4. The summed E-state index contributed by atoms with van der Waals surface area (Å²) in [5.74, 6) is 2.73. The van der Waals surface area contributed by atoms with Crippen LogP contribution in [-0.4, -0.2) is 27.6 Å². The van der Waals surface area contributed by atoms with E-state index in [1.165, 1.54) is 18.4 Å². The molecule has 1 N–H and O–H groups in total. The summed E-state index contributed by atoms with van der Waals surface area (Å²) < 4.78 is 2.05. The van der Waals surface area contributed by atoms with E-state index in [2.05, 4.69) is 78.9 Å². The fourth-order valence-electron chi connectivity index (χ4n) is 3.71. The largest absolute Gasteiger partial charge is 0.356 e. The summed E-state index contributed by atoms with van der Waals surface area (Å²) in [7, 11) is 2.03. The number of aryl methyl sites for hydroxylation is 1. The first kappa shape index (κ1) is 19.7. The Morgan fingerprint density at radius 3 is 2.41 bits per heavy atom. The lowest BCUT2D eigenvalue weighted by molar-refractivity contribution is 0.590. The van der Waals surface area contributed by atoms with Crippen molar-refractivity contribution in [2.75, 3.05) is 23.3 Å². The van der Waals surface area contributed by atoms with Crippen LogP contribution in [0, 0.1) is 5.92 Å². The number of nitrogens with one attached hydrogen (secondary N) is 1. The van der Waals surface area contributed by atoms with Crippen LogP contribution < -0.4 is 10.2 Å². The number of pyridine rings is 1. The Labute approximate surface area is 174 Å². The molecule has 5 heteroatoms. The fourth-order valence-corrected chi connectivity index (χ4v) is 3.71. The highest BCUT2D eigenvalue weighted by atomic mass is 15.3. The Balaban J connectivity index is 1.58. The third-order valence-electron chi connectivity index (χ3n) is 5.70. The zero-order valence-electron chi connectivity index (χ0n) is 18.4. The molecule has 3 aromatic rings. The van der Waals surface area contributed by atoms with E-state index in [1.54, 1.807) is 0 Å². The molecule has 1 aliphatic carbocycles. The maximum atomic E-state index is 4.97. The lowest BCUT2D eigenvalue weighted by Gasteiger charge is -2.23. The number of fused-ring (bicyclic) bond motifs is 1. The van der Waals surface area contributed by atoms with Crippen molar-refractivity contribution < 1.29 is 0 Å². The summed E-state index contributed by atoms with van der Waals surface area (Å²) in [5.41, 5.74) is 4.37. The first-order valence-corrected chi connectivity index (χ1v) is 10.8. The third kappa shape index (κ3) is 4.39. The van der Waals surface area contributed by atoms with Crippen LogP contribution in [0.15, 0.2) is 36.4 Å². The van der Waals surface area contributed by atoms with Gasteiger partial charge in [-0.25, -0.2) is 9.97 Å². The van der Waals surface area contributed by atoms with Gasteiger partial charge in [-0.2, -0.15) is 0 Å². The highest BCUT2D eigenvalue weighted by Crippen LogP contribution is 2.32.